The summed E-state index contributed by atoms with van der Waals surface area (Å²) < 4.78 is 12.9. The molecule has 3 rings (SSSR count). The van der Waals surface area contributed by atoms with Gasteiger partial charge in [-0.05, 0) is 30.2 Å². The second-order valence-electron chi connectivity index (χ2n) is 6.17. The number of amides is 1. The Morgan fingerprint density at radius 1 is 1.17 bits per heavy atom. The average molecular weight is 313 g/mol. The average Bonchev–Trinajstić information content (AvgIpc) is 2.60. The zero-order valence-electron chi connectivity index (χ0n) is 13.3. The molecule has 2 atom stereocenters. The van der Waals surface area contributed by atoms with Gasteiger partial charge in [0.25, 0.3) is 5.91 Å². The first-order chi connectivity index (χ1) is 11.1. The number of quaternary nitrogens is 1. The zero-order valence-corrected chi connectivity index (χ0v) is 13.3. The van der Waals surface area contributed by atoms with E-state index < -0.39 is 0 Å². The highest BCUT2D eigenvalue weighted by atomic mass is 19.1. The fourth-order valence-electron chi connectivity index (χ4n) is 3.10. The van der Waals surface area contributed by atoms with E-state index in [0.717, 1.165) is 25.1 Å². The molecule has 2 aromatic carbocycles. The number of fused-ring (bicyclic) bond motifs is 1. The fourth-order valence-corrected chi connectivity index (χ4v) is 3.10. The number of rotatable bonds is 4. The lowest BCUT2D eigenvalue weighted by molar-refractivity contribution is -0.929. The van der Waals surface area contributed by atoms with Gasteiger partial charge in [-0.15, -0.1) is 0 Å². The van der Waals surface area contributed by atoms with Crippen molar-refractivity contribution < 1.29 is 14.1 Å². The molecule has 0 fully saturated rings. The van der Waals surface area contributed by atoms with Gasteiger partial charge in [0.05, 0.1) is 6.54 Å². The molecule has 0 spiro atoms. The second-order valence-corrected chi connectivity index (χ2v) is 6.17. The highest BCUT2D eigenvalue weighted by molar-refractivity contribution is 5.79. The molecule has 120 valence electrons. The Balaban J connectivity index is 1.56. The van der Waals surface area contributed by atoms with Crippen LogP contribution in [0.2, 0.25) is 0 Å². The maximum atomic E-state index is 12.9. The number of benzene rings is 2. The summed E-state index contributed by atoms with van der Waals surface area (Å²) in [4.78, 5) is 13.7. The first-order valence-corrected chi connectivity index (χ1v) is 8.07. The van der Waals surface area contributed by atoms with Crippen molar-refractivity contribution in [2.75, 3.05) is 6.54 Å². The molecule has 0 saturated heterocycles. The number of nitrogens with one attached hydrogen (secondary N) is 2. The van der Waals surface area contributed by atoms with Crippen molar-refractivity contribution in [1.82, 2.24) is 5.32 Å². The molecular weight excluding hydrogens is 291 g/mol. The van der Waals surface area contributed by atoms with Crippen LogP contribution in [0.1, 0.15) is 23.6 Å². The summed E-state index contributed by atoms with van der Waals surface area (Å²) in [5.41, 5.74) is 3.65. The van der Waals surface area contributed by atoms with Crippen molar-refractivity contribution in [2.45, 2.75) is 32.5 Å². The molecule has 1 amide bonds. The van der Waals surface area contributed by atoms with Crippen LogP contribution in [-0.4, -0.2) is 18.5 Å². The Morgan fingerprint density at radius 3 is 2.61 bits per heavy atom. The molecule has 3 nitrogen and oxygen atoms in total. The topological polar surface area (TPSA) is 33.5 Å². The molecule has 0 aromatic heterocycles. The van der Waals surface area contributed by atoms with Crippen molar-refractivity contribution in [2.24, 2.45) is 0 Å². The second kappa shape index (κ2) is 6.92. The van der Waals surface area contributed by atoms with Gasteiger partial charge < -0.3 is 10.2 Å². The summed E-state index contributed by atoms with van der Waals surface area (Å²) in [5, 5.41) is 2.96. The molecule has 4 heteroatoms. The van der Waals surface area contributed by atoms with Crippen LogP contribution in [0.15, 0.2) is 48.5 Å². The number of hydrogen-bond acceptors (Lipinski definition) is 1. The van der Waals surface area contributed by atoms with Gasteiger partial charge in [0.15, 0.2) is 6.04 Å². The van der Waals surface area contributed by atoms with E-state index in [2.05, 4.69) is 29.6 Å². The van der Waals surface area contributed by atoms with Crippen molar-refractivity contribution >= 4 is 5.91 Å². The lowest BCUT2D eigenvalue weighted by atomic mass is 9.99. The molecule has 2 aromatic rings. The van der Waals surface area contributed by atoms with E-state index in [1.54, 1.807) is 12.1 Å². The Bertz CT molecular complexity index is 684. The van der Waals surface area contributed by atoms with Gasteiger partial charge in [-0.25, -0.2) is 4.39 Å². The minimum Gasteiger partial charge on any atom is -0.347 e. The maximum Gasteiger partial charge on any atom is 0.278 e. The van der Waals surface area contributed by atoms with E-state index in [1.165, 1.54) is 28.2 Å². The highest BCUT2D eigenvalue weighted by Gasteiger charge is 2.28. The largest absolute Gasteiger partial charge is 0.347 e. The van der Waals surface area contributed by atoms with Crippen molar-refractivity contribution in [1.29, 1.82) is 0 Å². The highest BCUT2D eigenvalue weighted by Crippen LogP contribution is 2.10. The summed E-state index contributed by atoms with van der Waals surface area (Å²) in [6.45, 7) is 4.28. The minimum atomic E-state index is -0.259. The van der Waals surface area contributed by atoms with Crippen LogP contribution >= 0.6 is 0 Å². The van der Waals surface area contributed by atoms with Crippen molar-refractivity contribution in [3.63, 3.8) is 0 Å². The number of carbonyl (C=O) groups excluding carboxylic acids is 1. The van der Waals surface area contributed by atoms with E-state index in [4.69, 9.17) is 0 Å². The third kappa shape index (κ3) is 3.77. The van der Waals surface area contributed by atoms with Crippen LogP contribution in [-0.2, 0) is 24.3 Å². The van der Waals surface area contributed by atoms with Gasteiger partial charge in [-0.3, -0.25) is 4.79 Å². The quantitative estimate of drug-likeness (QED) is 0.881. The molecule has 1 aliphatic rings. The first kappa shape index (κ1) is 15.7. The molecular formula is C19H22FN2O+. The number of halogens is 1. The summed E-state index contributed by atoms with van der Waals surface area (Å²) in [6.07, 6.45) is 1.01. The van der Waals surface area contributed by atoms with Crippen LogP contribution in [0, 0.1) is 5.82 Å². The van der Waals surface area contributed by atoms with Gasteiger partial charge in [0.1, 0.15) is 12.4 Å². The zero-order chi connectivity index (χ0) is 16.2. The van der Waals surface area contributed by atoms with Crippen molar-refractivity contribution in [3.8, 4) is 0 Å². The molecule has 0 aliphatic carbocycles. The summed E-state index contributed by atoms with van der Waals surface area (Å²) in [6, 6.07) is 14.6. The monoisotopic (exact) mass is 313 g/mol. The molecule has 1 aliphatic heterocycles. The Kier molecular flexibility index (Phi) is 4.72. The van der Waals surface area contributed by atoms with Crippen molar-refractivity contribution in [3.05, 3.63) is 71.0 Å². The van der Waals surface area contributed by atoms with Crippen LogP contribution < -0.4 is 10.2 Å². The summed E-state index contributed by atoms with van der Waals surface area (Å²) in [7, 11) is 0. The van der Waals surface area contributed by atoms with Gasteiger partial charge in [-0.2, -0.15) is 0 Å². The van der Waals surface area contributed by atoms with E-state index in [0.29, 0.717) is 6.54 Å². The lowest BCUT2D eigenvalue weighted by Crippen LogP contribution is -3.16. The van der Waals surface area contributed by atoms with Gasteiger partial charge in [0.2, 0.25) is 0 Å². The predicted molar refractivity (Wildman–Crippen MR) is 87.4 cm³/mol. The van der Waals surface area contributed by atoms with Crippen LogP contribution in [0.5, 0.6) is 0 Å². The van der Waals surface area contributed by atoms with Crippen LogP contribution in [0.4, 0.5) is 4.39 Å². The molecule has 1 unspecified atom stereocenters. The van der Waals surface area contributed by atoms with Crippen LogP contribution in [0.3, 0.4) is 0 Å². The minimum absolute atomic E-state index is 0.0451. The van der Waals surface area contributed by atoms with Crippen LogP contribution in [0.25, 0.3) is 0 Å². The molecule has 23 heavy (non-hydrogen) atoms. The normalized spacial score (nSPS) is 18.1. The lowest BCUT2D eigenvalue weighted by Gasteiger charge is -2.30. The molecule has 0 bridgehead atoms. The van der Waals surface area contributed by atoms with Gasteiger partial charge in [0, 0.05) is 18.5 Å². The maximum absolute atomic E-state index is 12.9. The van der Waals surface area contributed by atoms with E-state index >= 15 is 0 Å². The fraction of sp³-hybridized carbons (Fsp3) is 0.316. The van der Waals surface area contributed by atoms with E-state index in [1.807, 2.05) is 6.92 Å². The predicted octanol–water partition coefficient (Wildman–Crippen LogP) is 1.47. The standard InChI is InChI=1S/C19H21FN2O/c1-14(19(23)21-12-15-6-8-18(20)9-7-15)22-11-10-16-4-2-3-5-17(16)13-22/h2-9,14H,10-13H2,1H3,(H,21,23)/p+1/t14-/m1/s1. The van der Waals surface area contributed by atoms with Gasteiger partial charge >= 0.3 is 0 Å². The van der Waals surface area contributed by atoms with E-state index in [9.17, 15) is 9.18 Å². The first-order valence-electron chi connectivity index (χ1n) is 8.07. The Labute approximate surface area is 136 Å². The molecule has 2 N–H and O–H groups in total. The third-order valence-corrected chi connectivity index (χ3v) is 4.64. The summed E-state index contributed by atoms with van der Waals surface area (Å²) in [5.74, 6) is -0.214. The Hall–Kier alpha value is -2.20. The molecule has 0 saturated carbocycles. The number of hydrogen-bond donors (Lipinski definition) is 2. The van der Waals surface area contributed by atoms with Gasteiger partial charge in [-0.1, -0.05) is 36.4 Å². The summed E-state index contributed by atoms with van der Waals surface area (Å²) >= 11 is 0. The molecule has 1 heterocycles. The SMILES string of the molecule is C[C@H](C(=O)NCc1ccc(F)cc1)[NH+]1CCc2ccccc2C1. The third-order valence-electron chi connectivity index (χ3n) is 4.64. The smallest absolute Gasteiger partial charge is 0.278 e. The molecule has 0 radical (unpaired) electrons. The van der Waals surface area contributed by atoms with E-state index in [-0.39, 0.29) is 17.8 Å². The number of carbonyl (C=O) groups is 1. The Morgan fingerprint density at radius 2 is 1.87 bits per heavy atom.